The van der Waals surface area contributed by atoms with E-state index in [1.165, 1.54) is 0 Å². The van der Waals surface area contributed by atoms with Gasteiger partial charge in [0.1, 0.15) is 11.3 Å². The SMILES string of the molecule is CCOC(=O)CCn1c(CCOC)nc2cnc3ccccc3c21. The van der Waals surface area contributed by atoms with Gasteiger partial charge in [0.25, 0.3) is 0 Å². The summed E-state index contributed by atoms with van der Waals surface area (Å²) in [4.78, 5) is 20.9. The summed E-state index contributed by atoms with van der Waals surface area (Å²) in [7, 11) is 1.67. The molecule has 0 unspecified atom stereocenters. The Morgan fingerprint density at radius 3 is 2.88 bits per heavy atom. The van der Waals surface area contributed by atoms with Crippen LogP contribution < -0.4 is 0 Å². The number of rotatable bonds is 7. The highest BCUT2D eigenvalue weighted by atomic mass is 16.5. The number of nitrogens with zero attached hydrogens (tertiary/aromatic N) is 3. The molecule has 2 heterocycles. The number of carbonyl (C=O) groups is 1. The van der Waals surface area contributed by atoms with Gasteiger partial charge in [0.15, 0.2) is 0 Å². The molecule has 0 bridgehead atoms. The fourth-order valence-corrected chi connectivity index (χ4v) is 2.87. The van der Waals surface area contributed by atoms with E-state index < -0.39 is 0 Å². The molecule has 1 aromatic carbocycles. The number of para-hydroxylation sites is 1. The molecule has 0 aliphatic rings. The van der Waals surface area contributed by atoms with Gasteiger partial charge >= 0.3 is 5.97 Å². The maximum atomic E-state index is 11.8. The maximum absolute atomic E-state index is 11.8. The minimum absolute atomic E-state index is 0.199. The Labute approximate surface area is 140 Å². The van der Waals surface area contributed by atoms with Crippen molar-refractivity contribution in [3.8, 4) is 0 Å². The standard InChI is InChI=1S/C18H21N3O3/c1-3-24-17(22)8-10-21-16(9-11-23-2)20-15-12-19-14-7-5-4-6-13(14)18(15)21/h4-7,12H,3,8-11H2,1-2H3. The van der Waals surface area contributed by atoms with Gasteiger partial charge in [0.2, 0.25) is 0 Å². The van der Waals surface area contributed by atoms with E-state index in [4.69, 9.17) is 14.5 Å². The first-order valence-electron chi connectivity index (χ1n) is 8.12. The van der Waals surface area contributed by atoms with Gasteiger partial charge in [-0.25, -0.2) is 4.98 Å². The summed E-state index contributed by atoms with van der Waals surface area (Å²) in [6.07, 6.45) is 2.78. The van der Waals surface area contributed by atoms with Gasteiger partial charge in [-0.1, -0.05) is 18.2 Å². The van der Waals surface area contributed by atoms with Crippen LogP contribution in [0.15, 0.2) is 30.5 Å². The van der Waals surface area contributed by atoms with Crippen molar-refractivity contribution in [2.75, 3.05) is 20.3 Å². The van der Waals surface area contributed by atoms with Crippen molar-refractivity contribution in [2.24, 2.45) is 0 Å². The zero-order chi connectivity index (χ0) is 16.9. The number of imidazole rings is 1. The Morgan fingerprint density at radius 2 is 2.08 bits per heavy atom. The van der Waals surface area contributed by atoms with Crippen molar-refractivity contribution < 1.29 is 14.3 Å². The van der Waals surface area contributed by atoms with Crippen molar-refractivity contribution in [3.05, 3.63) is 36.3 Å². The summed E-state index contributed by atoms with van der Waals surface area (Å²) >= 11 is 0. The minimum atomic E-state index is -0.199. The Hall–Kier alpha value is -2.47. The van der Waals surface area contributed by atoms with Crippen LogP contribution in [-0.4, -0.2) is 40.8 Å². The van der Waals surface area contributed by atoms with Crippen LogP contribution in [0.2, 0.25) is 0 Å². The zero-order valence-corrected chi connectivity index (χ0v) is 14.0. The first kappa shape index (κ1) is 16.4. The lowest BCUT2D eigenvalue weighted by molar-refractivity contribution is -0.143. The average Bonchev–Trinajstić information content (AvgIpc) is 2.96. The summed E-state index contributed by atoms with van der Waals surface area (Å²) in [5.74, 6) is 0.699. The number of fused-ring (bicyclic) bond motifs is 3. The number of esters is 1. The van der Waals surface area contributed by atoms with Gasteiger partial charge in [0.05, 0.1) is 36.9 Å². The number of aryl methyl sites for hydroxylation is 1. The molecule has 0 spiro atoms. The van der Waals surface area contributed by atoms with Crippen molar-refractivity contribution in [1.29, 1.82) is 0 Å². The number of pyridine rings is 1. The third kappa shape index (κ3) is 3.23. The van der Waals surface area contributed by atoms with Gasteiger partial charge in [-0.3, -0.25) is 9.78 Å². The van der Waals surface area contributed by atoms with Gasteiger partial charge in [-0.2, -0.15) is 0 Å². The van der Waals surface area contributed by atoms with E-state index in [0.717, 1.165) is 27.8 Å². The molecular weight excluding hydrogens is 306 g/mol. The van der Waals surface area contributed by atoms with E-state index in [0.29, 0.717) is 32.6 Å². The van der Waals surface area contributed by atoms with Crippen molar-refractivity contribution in [2.45, 2.75) is 26.3 Å². The third-order valence-corrected chi connectivity index (χ3v) is 3.93. The largest absolute Gasteiger partial charge is 0.466 e. The Morgan fingerprint density at radius 1 is 1.25 bits per heavy atom. The lowest BCUT2D eigenvalue weighted by Crippen LogP contribution is -2.12. The van der Waals surface area contributed by atoms with Gasteiger partial charge < -0.3 is 14.0 Å². The van der Waals surface area contributed by atoms with E-state index in [9.17, 15) is 4.79 Å². The molecule has 6 nitrogen and oxygen atoms in total. The molecule has 0 N–H and O–H groups in total. The van der Waals surface area contributed by atoms with E-state index in [-0.39, 0.29) is 5.97 Å². The highest BCUT2D eigenvalue weighted by Gasteiger charge is 2.15. The third-order valence-electron chi connectivity index (χ3n) is 3.93. The average molecular weight is 327 g/mol. The molecule has 0 radical (unpaired) electrons. The first-order chi connectivity index (χ1) is 11.7. The summed E-state index contributed by atoms with van der Waals surface area (Å²) in [5.41, 5.74) is 2.76. The molecule has 3 rings (SSSR count). The maximum Gasteiger partial charge on any atom is 0.307 e. The topological polar surface area (TPSA) is 66.2 Å². The van der Waals surface area contributed by atoms with E-state index in [2.05, 4.69) is 9.55 Å². The van der Waals surface area contributed by atoms with E-state index in [1.54, 1.807) is 13.3 Å². The highest BCUT2D eigenvalue weighted by Crippen LogP contribution is 2.25. The molecule has 6 heteroatoms. The van der Waals surface area contributed by atoms with Gasteiger partial charge in [-0.15, -0.1) is 0 Å². The number of hydrogen-bond acceptors (Lipinski definition) is 5. The van der Waals surface area contributed by atoms with E-state index >= 15 is 0 Å². The van der Waals surface area contributed by atoms with Crippen molar-refractivity contribution in [1.82, 2.24) is 14.5 Å². The number of methoxy groups -OCH3 is 1. The summed E-state index contributed by atoms with van der Waals surface area (Å²) in [5, 5.41) is 1.04. The molecule has 0 atom stereocenters. The number of aromatic nitrogens is 3. The Bertz CT molecular complexity index is 857. The zero-order valence-electron chi connectivity index (χ0n) is 14.0. The molecule has 0 saturated heterocycles. The predicted molar refractivity (Wildman–Crippen MR) is 91.9 cm³/mol. The lowest BCUT2D eigenvalue weighted by atomic mass is 10.2. The molecule has 0 saturated carbocycles. The van der Waals surface area contributed by atoms with Crippen LogP contribution >= 0.6 is 0 Å². The molecule has 0 fully saturated rings. The van der Waals surface area contributed by atoms with Crippen molar-refractivity contribution >= 4 is 27.9 Å². The number of benzene rings is 1. The predicted octanol–water partition coefficient (Wildman–Crippen LogP) is 2.73. The molecule has 0 aliphatic carbocycles. The molecule has 0 aliphatic heterocycles. The second kappa shape index (κ2) is 7.40. The Kier molecular flexibility index (Phi) is 5.05. The van der Waals surface area contributed by atoms with Gasteiger partial charge in [0, 0.05) is 25.5 Å². The number of ether oxygens (including phenoxy) is 2. The molecule has 3 aromatic rings. The molecular formula is C18H21N3O3. The number of hydrogen-bond donors (Lipinski definition) is 0. The van der Waals surface area contributed by atoms with Crippen LogP contribution in [0.3, 0.4) is 0 Å². The molecule has 24 heavy (non-hydrogen) atoms. The summed E-state index contributed by atoms with van der Waals surface area (Å²) in [6.45, 7) is 3.32. The van der Waals surface area contributed by atoms with Gasteiger partial charge in [-0.05, 0) is 13.0 Å². The summed E-state index contributed by atoms with van der Waals surface area (Å²) < 4.78 is 12.3. The molecule has 126 valence electrons. The molecule has 2 aromatic heterocycles. The quantitative estimate of drug-likeness (QED) is 0.624. The molecule has 0 amide bonds. The van der Waals surface area contributed by atoms with Crippen LogP contribution in [0.4, 0.5) is 0 Å². The minimum Gasteiger partial charge on any atom is -0.466 e. The normalized spacial score (nSPS) is 11.2. The second-order valence-corrected chi connectivity index (χ2v) is 5.49. The van der Waals surface area contributed by atoms with E-state index in [1.807, 2.05) is 31.2 Å². The fraction of sp³-hybridized carbons (Fsp3) is 0.389. The first-order valence-corrected chi connectivity index (χ1v) is 8.12. The summed E-state index contributed by atoms with van der Waals surface area (Å²) in [6, 6.07) is 7.97. The van der Waals surface area contributed by atoms with Crippen LogP contribution in [0, 0.1) is 0 Å². The fourth-order valence-electron chi connectivity index (χ4n) is 2.87. The smallest absolute Gasteiger partial charge is 0.307 e. The monoisotopic (exact) mass is 327 g/mol. The number of carbonyl (C=O) groups excluding carboxylic acids is 1. The van der Waals surface area contributed by atoms with Crippen LogP contribution in [0.25, 0.3) is 21.9 Å². The van der Waals surface area contributed by atoms with Crippen LogP contribution in [0.1, 0.15) is 19.2 Å². The Balaban J connectivity index is 2.06. The van der Waals surface area contributed by atoms with Crippen molar-refractivity contribution in [3.63, 3.8) is 0 Å². The lowest BCUT2D eigenvalue weighted by Gasteiger charge is -2.10. The highest BCUT2D eigenvalue weighted by molar-refractivity contribution is 6.02. The van der Waals surface area contributed by atoms with Crippen LogP contribution in [0.5, 0.6) is 0 Å². The second-order valence-electron chi connectivity index (χ2n) is 5.49. The van der Waals surface area contributed by atoms with Crippen LogP contribution in [-0.2, 0) is 27.2 Å².